The first-order chi connectivity index (χ1) is 9.25. The molecule has 0 spiro atoms. The third-order valence-corrected chi connectivity index (χ3v) is 4.51. The summed E-state index contributed by atoms with van der Waals surface area (Å²) >= 11 is 0. The summed E-state index contributed by atoms with van der Waals surface area (Å²) in [5.74, 6) is 0.759. The van der Waals surface area contributed by atoms with Crippen LogP contribution in [-0.4, -0.2) is 28.4 Å². The van der Waals surface area contributed by atoms with E-state index in [1.54, 1.807) is 18.3 Å². The molecule has 0 aromatic carbocycles. The van der Waals surface area contributed by atoms with Crippen molar-refractivity contribution in [3.05, 3.63) is 24.0 Å². The van der Waals surface area contributed by atoms with Gasteiger partial charge in [0.15, 0.2) is 0 Å². The number of rotatable bonds is 2. The second kappa shape index (κ2) is 5.19. The van der Waals surface area contributed by atoms with E-state index in [0.29, 0.717) is 23.3 Å². The molecular formula is C15H21N3O. The number of pyridine rings is 1. The maximum absolute atomic E-state index is 12.6. The van der Waals surface area contributed by atoms with Crippen molar-refractivity contribution >= 4 is 11.6 Å². The molecule has 1 aliphatic carbocycles. The van der Waals surface area contributed by atoms with Gasteiger partial charge in [-0.25, -0.2) is 0 Å². The number of hydrogen-bond donors (Lipinski definition) is 1. The number of anilines is 1. The van der Waals surface area contributed by atoms with Gasteiger partial charge in [0.25, 0.3) is 5.91 Å². The normalized spacial score (nSPS) is 24.0. The minimum Gasteiger partial charge on any atom is -0.399 e. The minimum atomic E-state index is 0.0571. The highest BCUT2D eigenvalue weighted by Crippen LogP contribution is 2.35. The van der Waals surface area contributed by atoms with Crippen LogP contribution in [0.15, 0.2) is 18.3 Å². The fraction of sp³-hybridized carbons (Fsp3) is 0.600. The predicted molar refractivity (Wildman–Crippen MR) is 74.7 cm³/mol. The second-order valence-electron chi connectivity index (χ2n) is 5.73. The van der Waals surface area contributed by atoms with Gasteiger partial charge in [0.1, 0.15) is 5.69 Å². The van der Waals surface area contributed by atoms with Crippen LogP contribution in [0.2, 0.25) is 0 Å². The Morgan fingerprint density at radius 3 is 2.79 bits per heavy atom. The van der Waals surface area contributed by atoms with Crippen LogP contribution < -0.4 is 5.73 Å². The molecule has 2 fully saturated rings. The highest BCUT2D eigenvalue weighted by Gasteiger charge is 2.36. The lowest BCUT2D eigenvalue weighted by Crippen LogP contribution is -2.39. The third kappa shape index (κ3) is 2.44. The fourth-order valence-electron chi connectivity index (χ4n) is 3.59. The van der Waals surface area contributed by atoms with Crippen molar-refractivity contribution in [2.24, 2.45) is 5.92 Å². The smallest absolute Gasteiger partial charge is 0.272 e. The molecule has 102 valence electrons. The molecule has 1 saturated carbocycles. The highest BCUT2D eigenvalue weighted by molar-refractivity contribution is 5.93. The van der Waals surface area contributed by atoms with Crippen molar-refractivity contribution in [2.75, 3.05) is 12.3 Å². The van der Waals surface area contributed by atoms with Crippen LogP contribution in [0.4, 0.5) is 5.69 Å². The van der Waals surface area contributed by atoms with Crippen LogP contribution >= 0.6 is 0 Å². The van der Waals surface area contributed by atoms with E-state index >= 15 is 0 Å². The molecule has 1 atom stereocenters. The average molecular weight is 259 g/mol. The van der Waals surface area contributed by atoms with E-state index in [1.165, 1.54) is 25.7 Å². The Balaban J connectivity index is 1.78. The summed E-state index contributed by atoms with van der Waals surface area (Å²) < 4.78 is 0. The number of carbonyl (C=O) groups is 1. The number of nitrogen functional groups attached to an aromatic ring is 1. The number of hydrogen-bond acceptors (Lipinski definition) is 3. The first-order valence-corrected chi connectivity index (χ1v) is 7.28. The van der Waals surface area contributed by atoms with E-state index in [9.17, 15) is 4.79 Å². The zero-order valence-corrected chi connectivity index (χ0v) is 11.2. The van der Waals surface area contributed by atoms with Gasteiger partial charge >= 0.3 is 0 Å². The number of aromatic nitrogens is 1. The van der Waals surface area contributed by atoms with Crippen molar-refractivity contribution in [2.45, 2.75) is 44.6 Å². The molecule has 1 aromatic heterocycles. The predicted octanol–water partition coefficient (Wildman–Crippen LogP) is 2.46. The molecule has 0 bridgehead atoms. The fourth-order valence-corrected chi connectivity index (χ4v) is 3.59. The maximum Gasteiger partial charge on any atom is 0.272 e. The Morgan fingerprint density at radius 1 is 1.26 bits per heavy atom. The molecule has 3 rings (SSSR count). The van der Waals surface area contributed by atoms with Gasteiger partial charge in [-0.3, -0.25) is 9.78 Å². The molecule has 0 radical (unpaired) electrons. The quantitative estimate of drug-likeness (QED) is 0.887. The zero-order chi connectivity index (χ0) is 13.2. The SMILES string of the molecule is Nc1ccnc(C(=O)N2CCCC2C2CCCC2)c1. The van der Waals surface area contributed by atoms with E-state index in [2.05, 4.69) is 4.98 Å². The Labute approximate surface area is 114 Å². The summed E-state index contributed by atoms with van der Waals surface area (Å²) in [5, 5.41) is 0. The third-order valence-electron chi connectivity index (χ3n) is 4.51. The average Bonchev–Trinajstić information content (AvgIpc) is 3.08. The zero-order valence-electron chi connectivity index (χ0n) is 11.2. The van der Waals surface area contributed by atoms with Gasteiger partial charge in [0.05, 0.1) is 0 Å². The number of likely N-dealkylation sites (tertiary alicyclic amines) is 1. The Hall–Kier alpha value is -1.58. The molecule has 1 aliphatic heterocycles. The Morgan fingerprint density at radius 2 is 2.05 bits per heavy atom. The van der Waals surface area contributed by atoms with Crippen LogP contribution in [0.25, 0.3) is 0 Å². The highest BCUT2D eigenvalue weighted by atomic mass is 16.2. The molecule has 1 saturated heterocycles. The van der Waals surface area contributed by atoms with Gasteiger partial charge in [-0.15, -0.1) is 0 Å². The molecule has 4 heteroatoms. The van der Waals surface area contributed by atoms with Gasteiger partial charge in [-0.1, -0.05) is 12.8 Å². The molecule has 1 unspecified atom stereocenters. The summed E-state index contributed by atoms with van der Waals surface area (Å²) in [6.07, 6.45) is 9.08. The van der Waals surface area contributed by atoms with Crippen LogP contribution in [0.3, 0.4) is 0 Å². The topological polar surface area (TPSA) is 59.2 Å². The van der Waals surface area contributed by atoms with Crippen molar-refractivity contribution in [1.82, 2.24) is 9.88 Å². The van der Waals surface area contributed by atoms with Crippen LogP contribution in [-0.2, 0) is 0 Å². The second-order valence-corrected chi connectivity index (χ2v) is 5.73. The van der Waals surface area contributed by atoms with Crippen molar-refractivity contribution in [1.29, 1.82) is 0 Å². The summed E-state index contributed by atoms with van der Waals surface area (Å²) in [4.78, 5) is 18.8. The summed E-state index contributed by atoms with van der Waals surface area (Å²) in [6.45, 7) is 0.872. The number of nitrogens with zero attached hydrogens (tertiary/aromatic N) is 2. The van der Waals surface area contributed by atoms with Gasteiger partial charge in [-0.2, -0.15) is 0 Å². The molecule has 4 nitrogen and oxygen atoms in total. The van der Waals surface area contributed by atoms with Crippen molar-refractivity contribution in [3.8, 4) is 0 Å². The van der Waals surface area contributed by atoms with Crippen LogP contribution in [0.5, 0.6) is 0 Å². The largest absolute Gasteiger partial charge is 0.399 e. The molecule has 1 aromatic rings. The molecule has 2 aliphatic rings. The Bertz CT molecular complexity index is 468. The number of nitrogens with two attached hydrogens (primary N) is 1. The van der Waals surface area contributed by atoms with Gasteiger partial charge in [-0.05, 0) is 43.7 Å². The molecule has 2 N–H and O–H groups in total. The maximum atomic E-state index is 12.6. The van der Waals surface area contributed by atoms with Gasteiger partial charge < -0.3 is 10.6 Å². The molecule has 2 heterocycles. The van der Waals surface area contributed by atoms with E-state index < -0.39 is 0 Å². The van der Waals surface area contributed by atoms with Crippen molar-refractivity contribution in [3.63, 3.8) is 0 Å². The van der Waals surface area contributed by atoms with Gasteiger partial charge in [0, 0.05) is 24.5 Å². The van der Waals surface area contributed by atoms with Crippen LogP contribution in [0.1, 0.15) is 49.0 Å². The monoisotopic (exact) mass is 259 g/mol. The molecular weight excluding hydrogens is 238 g/mol. The van der Waals surface area contributed by atoms with E-state index in [4.69, 9.17) is 5.73 Å². The van der Waals surface area contributed by atoms with Crippen LogP contribution in [0, 0.1) is 5.92 Å². The Kier molecular flexibility index (Phi) is 3.40. The lowest BCUT2D eigenvalue weighted by atomic mass is 9.96. The summed E-state index contributed by atoms with van der Waals surface area (Å²) in [7, 11) is 0. The first kappa shape index (κ1) is 12.5. The first-order valence-electron chi connectivity index (χ1n) is 7.28. The lowest BCUT2D eigenvalue weighted by Gasteiger charge is -2.29. The van der Waals surface area contributed by atoms with E-state index in [-0.39, 0.29) is 5.91 Å². The van der Waals surface area contributed by atoms with Crippen molar-refractivity contribution < 1.29 is 4.79 Å². The summed E-state index contributed by atoms with van der Waals surface area (Å²) in [6, 6.07) is 3.83. The van der Waals surface area contributed by atoms with E-state index in [1.807, 2.05) is 4.90 Å². The number of amides is 1. The van der Waals surface area contributed by atoms with Gasteiger partial charge in [0.2, 0.25) is 0 Å². The van der Waals surface area contributed by atoms with E-state index in [0.717, 1.165) is 19.4 Å². The molecule has 1 amide bonds. The minimum absolute atomic E-state index is 0.0571. The summed E-state index contributed by atoms with van der Waals surface area (Å²) in [5.41, 5.74) is 6.84. The standard InChI is InChI=1S/C15H21N3O/c16-12-7-8-17-13(10-12)15(19)18-9-3-6-14(18)11-4-1-2-5-11/h7-8,10-11,14H,1-6,9H2,(H2,16,17). The molecule has 19 heavy (non-hydrogen) atoms. The lowest BCUT2D eigenvalue weighted by molar-refractivity contribution is 0.0683. The number of carbonyl (C=O) groups excluding carboxylic acids is 1.